The van der Waals surface area contributed by atoms with Crippen molar-refractivity contribution in [3.63, 3.8) is 0 Å². The molecule has 0 radical (unpaired) electrons. The quantitative estimate of drug-likeness (QED) is 0.847. The van der Waals surface area contributed by atoms with E-state index < -0.39 is 17.9 Å². The van der Waals surface area contributed by atoms with Gasteiger partial charge in [-0.2, -0.15) is 0 Å². The molecule has 0 spiro atoms. The van der Waals surface area contributed by atoms with Gasteiger partial charge in [0.1, 0.15) is 17.5 Å². The second-order valence-corrected chi connectivity index (χ2v) is 4.89. The van der Waals surface area contributed by atoms with Gasteiger partial charge in [0.05, 0.1) is 14.2 Å². The normalized spacial score (nSPS) is 11.5. The van der Waals surface area contributed by atoms with E-state index in [1.165, 1.54) is 0 Å². The van der Waals surface area contributed by atoms with Gasteiger partial charge in [-0.25, -0.2) is 0 Å². The van der Waals surface area contributed by atoms with E-state index in [1.54, 1.807) is 38.5 Å². The Balaban J connectivity index is 0.00000264. The Morgan fingerprint density at radius 2 is 1.26 bits per heavy atom. The van der Waals surface area contributed by atoms with E-state index in [2.05, 4.69) is 0 Å². The molecular formula is C17H20ClNO4. The van der Waals surface area contributed by atoms with Gasteiger partial charge in [0, 0.05) is 5.92 Å². The molecule has 3 N–H and O–H groups in total. The maximum atomic E-state index is 11.4. The highest BCUT2D eigenvalue weighted by Gasteiger charge is 2.27. The van der Waals surface area contributed by atoms with Gasteiger partial charge in [0.15, 0.2) is 0 Å². The number of hydrogen-bond donors (Lipinski definition) is 2. The number of benzene rings is 2. The highest BCUT2D eigenvalue weighted by molar-refractivity contribution is 5.85. The van der Waals surface area contributed by atoms with Gasteiger partial charge < -0.3 is 20.3 Å². The van der Waals surface area contributed by atoms with Crippen molar-refractivity contribution in [2.24, 2.45) is 5.73 Å². The number of rotatable bonds is 6. The Morgan fingerprint density at radius 3 is 1.52 bits per heavy atom. The summed E-state index contributed by atoms with van der Waals surface area (Å²) in [6.07, 6.45) is 0. The van der Waals surface area contributed by atoms with Crippen molar-refractivity contribution >= 4 is 18.4 Å². The number of carboxylic acids is 1. The third kappa shape index (κ3) is 4.37. The lowest BCUT2D eigenvalue weighted by atomic mass is 9.85. The fraction of sp³-hybridized carbons (Fsp3) is 0.235. The molecule has 0 saturated carbocycles. The first-order valence-corrected chi connectivity index (χ1v) is 6.83. The standard InChI is InChI=1S/C17H19NO4.ClH/c1-21-13-7-3-11(4-8-13)15(16(18)17(19)20)12-5-9-14(22-2)10-6-12;/h3-10,15-16H,18H2,1-2H3,(H,19,20);1H/t16-;/m0./s1. The Labute approximate surface area is 141 Å². The Bertz CT molecular complexity index is 581. The average Bonchev–Trinajstić information content (AvgIpc) is 2.56. The predicted molar refractivity (Wildman–Crippen MR) is 90.7 cm³/mol. The molecule has 0 saturated heterocycles. The number of halogens is 1. The molecule has 0 amide bonds. The number of nitrogens with two attached hydrogens (primary N) is 1. The molecule has 2 aromatic carbocycles. The fourth-order valence-electron chi connectivity index (χ4n) is 2.37. The number of carboxylic acid groups (broad SMARTS) is 1. The van der Waals surface area contributed by atoms with Gasteiger partial charge in [-0.3, -0.25) is 4.79 Å². The molecule has 2 rings (SSSR count). The maximum absolute atomic E-state index is 11.4. The van der Waals surface area contributed by atoms with Gasteiger partial charge in [-0.05, 0) is 35.4 Å². The lowest BCUT2D eigenvalue weighted by Crippen LogP contribution is -2.37. The zero-order chi connectivity index (χ0) is 16.1. The Kier molecular flexibility index (Phi) is 6.88. The predicted octanol–water partition coefficient (Wildman–Crippen LogP) is 2.67. The molecule has 5 nitrogen and oxygen atoms in total. The van der Waals surface area contributed by atoms with Gasteiger partial charge in [0.25, 0.3) is 0 Å². The van der Waals surface area contributed by atoms with Crippen molar-refractivity contribution in [2.75, 3.05) is 14.2 Å². The number of carbonyl (C=O) groups is 1. The summed E-state index contributed by atoms with van der Waals surface area (Å²) in [6.45, 7) is 0. The summed E-state index contributed by atoms with van der Waals surface area (Å²) in [7, 11) is 3.16. The number of hydrogen-bond acceptors (Lipinski definition) is 4. The van der Waals surface area contributed by atoms with Crippen LogP contribution in [0.25, 0.3) is 0 Å². The van der Waals surface area contributed by atoms with Crippen LogP contribution in [0.4, 0.5) is 0 Å². The zero-order valence-corrected chi connectivity index (χ0v) is 13.7. The summed E-state index contributed by atoms with van der Waals surface area (Å²) in [5, 5.41) is 9.30. The second kappa shape index (κ2) is 8.41. The van der Waals surface area contributed by atoms with Crippen LogP contribution in [0.15, 0.2) is 48.5 Å². The number of aliphatic carboxylic acids is 1. The molecule has 0 aliphatic carbocycles. The van der Waals surface area contributed by atoms with Crippen LogP contribution in [0.3, 0.4) is 0 Å². The third-order valence-corrected chi connectivity index (χ3v) is 3.59. The highest BCUT2D eigenvalue weighted by Crippen LogP contribution is 2.30. The van der Waals surface area contributed by atoms with Crippen molar-refractivity contribution in [3.8, 4) is 11.5 Å². The SMILES string of the molecule is COc1ccc(C(c2ccc(OC)cc2)[C@H](N)C(=O)O)cc1.Cl. The van der Waals surface area contributed by atoms with Crippen molar-refractivity contribution in [2.45, 2.75) is 12.0 Å². The van der Waals surface area contributed by atoms with Crippen LogP contribution in [-0.4, -0.2) is 31.3 Å². The summed E-state index contributed by atoms with van der Waals surface area (Å²) in [5.41, 5.74) is 7.54. The third-order valence-electron chi connectivity index (χ3n) is 3.59. The molecule has 0 unspecified atom stereocenters. The first-order chi connectivity index (χ1) is 10.6. The summed E-state index contributed by atoms with van der Waals surface area (Å²) >= 11 is 0. The first-order valence-electron chi connectivity index (χ1n) is 6.83. The molecule has 2 aromatic rings. The minimum Gasteiger partial charge on any atom is -0.497 e. The van der Waals surface area contributed by atoms with Crippen LogP contribution in [-0.2, 0) is 4.79 Å². The van der Waals surface area contributed by atoms with E-state index in [9.17, 15) is 9.90 Å². The summed E-state index contributed by atoms with van der Waals surface area (Å²) in [6, 6.07) is 13.4. The summed E-state index contributed by atoms with van der Waals surface area (Å²) < 4.78 is 10.3. The monoisotopic (exact) mass is 337 g/mol. The Hall–Kier alpha value is -2.24. The van der Waals surface area contributed by atoms with Crippen molar-refractivity contribution < 1.29 is 19.4 Å². The largest absolute Gasteiger partial charge is 0.497 e. The lowest BCUT2D eigenvalue weighted by Gasteiger charge is -2.22. The molecule has 0 fully saturated rings. The van der Waals surface area contributed by atoms with E-state index in [0.717, 1.165) is 11.1 Å². The molecule has 0 bridgehead atoms. The van der Waals surface area contributed by atoms with E-state index >= 15 is 0 Å². The average molecular weight is 338 g/mol. The van der Waals surface area contributed by atoms with Crippen molar-refractivity contribution in [1.29, 1.82) is 0 Å². The molecule has 23 heavy (non-hydrogen) atoms. The first kappa shape index (κ1) is 18.8. The van der Waals surface area contributed by atoms with Gasteiger partial charge in [0.2, 0.25) is 0 Å². The molecule has 0 aliphatic heterocycles. The molecule has 124 valence electrons. The van der Waals surface area contributed by atoms with Crippen LogP contribution >= 0.6 is 12.4 Å². The van der Waals surface area contributed by atoms with E-state index in [0.29, 0.717) is 11.5 Å². The minimum atomic E-state index is -1.04. The molecule has 0 aromatic heterocycles. The van der Waals surface area contributed by atoms with Crippen LogP contribution in [0.5, 0.6) is 11.5 Å². The van der Waals surface area contributed by atoms with E-state index in [-0.39, 0.29) is 12.4 Å². The molecule has 0 heterocycles. The topological polar surface area (TPSA) is 81.8 Å². The Morgan fingerprint density at radius 1 is 0.913 bits per heavy atom. The summed E-state index contributed by atoms with van der Waals surface area (Å²) in [5.74, 6) is -0.0757. The van der Waals surface area contributed by atoms with Crippen molar-refractivity contribution in [1.82, 2.24) is 0 Å². The maximum Gasteiger partial charge on any atom is 0.321 e. The molecule has 1 atom stereocenters. The second-order valence-electron chi connectivity index (χ2n) is 4.89. The molecule has 0 aliphatic rings. The highest BCUT2D eigenvalue weighted by atomic mass is 35.5. The lowest BCUT2D eigenvalue weighted by molar-refractivity contribution is -0.138. The van der Waals surface area contributed by atoms with Crippen LogP contribution < -0.4 is 15.2 Å². The molecular weight excluding hydrogens is 318 g/mol. The van der Waals surface area contributed by atoms with Gasteiger partial charge in [-0.15, -0.1) is 12.4 Å². The number of methoxy groups -OCH3 is 2. The van der Waals surface area contributed by atoms with Crippen molar-refractivity contribution in [3.05, 3.63) is 59.7 Å². The molecule has 6 heteroatoms. The van der Waals surface area contributed by atoms with Gasteiger partial charge >= 0.3 is 5.97 Å². The van der Waals surface area contributed by atoms with E-state index in [4.69, 9.17) is 15.2 Å². The van der Waals surface area contributed by atoms with Crippen LogP contribution in [0.2, 0.25) is 0 Å². The zero-order valence-electron chi connectivity index (χ0n) is 12.9. The summed E-state index contributed by atoms with van der Waals surface area (Å²) in [4.78, 5) is 11.4. The number of ether oxygens (including phenoxy) is 2. The fourth-order valence-corrected chi connectivity index (χ4v) is 2.37. The van der Waals surface area contributed by atoms with E-state index in [1.807, 2.05) is 24.3 Å². The minimum absolute atomic E-state index is 0. The van der Waals surface area contributed by atoms with Gasteiger partial charge in [-0.1, -0.05) is 24.3 Å². The smallest absolute Gasteiger partial charge is 0.321 e. The van der Waals surface area contributed by atoms with Crippen LogP contribution in [0.1, 0.15) is 17.0 Å². The van der Waals surface area contributed by atoms with Crippen LogP contribution in [0, 0.1) is 0 Å².